The van der Waals surface area contributed by atoms with Gasteiger partial charge in [0.1, 0.15) is 0 Å². The van der Waals surface area contributed by atoms with E-state index in [2.05, 4.69) is 20.6 Å². The summed E-state index contributed by atoms with van der Waals surface area (Å²) in [7, 11) is 0. The second-order valence-corrected chi connectivity index (χ2v) is 4.77. The Labute approximate surface area is 124 Å². The Hall–Kier alpha value is -2.64. The van der Waals surface area contributed by atoms with Gasteiger partial charge in [0.05, 0.1) is 11.3 Å². The van der Waals surface area contributed by atoms with Crippen LogP contribution in [0.4, 0.5) is 24.8 Å². The van der Waals surface area contributed by atoms with Gasteiger partial charge in [0.2, 0.25) is 5.95 Å². The first-order valence-corrected chi connectivity index (χ1v) is 6.42. The van der Waals surface area contributed by atoms with Crippen molar-refractivity contribution in [1.29, 1.82) is 0 Å². The van der Waals surface area contributed by atoms with E-state index in [0.29, 0.717) is 5.95 Å². The Morgan fingerprint density at radius 2 is 1.73 bits per heavy atom. The fourth-order valence-electron chi connectivity index (χ4n) is 1.59. The summed E-state index contributed by atoms with van der Waals surface area (Å²) in [5.74, 6) is -4.84. The molecule has 0 aliphatic heterocycles. The summed E-state index contributed by atoms with van der Waals surface area (Å²) in [5, 5.41) is 5.07. The van der Waals surface area contributed by atoms with Gasteiger partial charge in [-0.2, -0.15) is 0 Å². The molecule has 0 atom stereocenters. The van der Waals surface area contributed by atoms with Gasteiger partial charge in [0.15, 0.2) is 17.5 Å². The molecule has 0 saturated heterocycles. The number of aromatic nitrogens is 2. The summed E-state index contributed by atoms with van der Waals surface area (Å²) in [6.07, 6.45) is 2.48. The van der Waals surface area contributed by atoms with Crippen LogP contribution in [0.15, 0.2) is 24.5 Å². The molecule has 0 saturated carbocycles. The lowest BCUT2D eigenvalue weighted by atomic mass is 10.2. The molecule has 5 nitrogen and oxygen atoms in total. The minimum absolute atomic E-state index is 0.0541. The summed E-state index contributed by atoms with van der Waals surface area (Å²) in [6, 6.07) is 1.78. The van der Waals surface area contributed by atoms with E-state index in [-0.39, 0.29) is 11.6 Å². The second-order valence-electron chi connectivity index (χ2n) is 4.77. The zero-order valence-electron chi connectivity index (χ0n) is 11.8. The molecule has 0 radical (unpaired) electrons. The fraction of sp³-hybridized carbons (Fsp3) is 0.214. The highest BCUT2D eigenvalue weighted by Gasteiger charge is 2.16. The molecule has 8 heteroatoms. The summed E-state index contributed by atoms with van der Waals surface area (Å²) in [4.78, 5) is 19.8. The molecule has 2 N–H and O–H groups in total. The molecule has 0 unspecified atom stereocenters. The number of halogens is 3. The van der Waals surface area contributed by atoms with Gasteiger partial charge in [-0.15, -0.1) is 0 Å². The maximum absolute atomic E-state index is 13.5. The minimum Gasteiger partial charge on any atom is -0.352 e. The topological polar surface area (TPSA) is 66.9 Å². The van der Waals surface area contributed by atoms with Crippen LogP contribution in [0, 0.1) is 17.5 Å². The Bertz CT molecular complexity index is 689. The van der Waals surface area contributed by atoms with Crippen molar-refractivity contribution in [2.75, 3.05) is 10.6 Å². The van der Waals surface area contributed by atoms with Gasteiger partial charge in [0.25, 0.3) is 5.91 Å². The molecule has 22 heavy (non-hydrogen) atoms. The highest BCUT2D eigenvalue weighted by molar-refractivity contribution is 6.03. The van der Waals surface area contributed by atoms with Gasteiger partial charge in [-0.05, 0) is 26.0 Å². The van der Waals surface area contributed by atoms with E-state index in [0.717, 1.165) is 12.1 Å². The summed E-state index contributed by atoms with van der Waals surface area (Å²) in [6.45, 7) is 3.80. The van der Waals surface area contributed by atoms with E-state index in [9.17, 15) is 18.0 Å². The lowest BCUT2D eigenvalue weighted by Crippen LogP contribution is -2.16. The van der Waals surface area contributed by atoms with Crippen LogP contribution in [-0.2, 0) is 0 Å². The number of hydrogen-bond donors (Lipinski definition) is 2. The van der Waals surface area contributed by atoms with Crippen molar-refractivity contribution >= 4 is 17.5 Å². The smallest absolute Gasteiger partial charge is 0.258 e. The molecule has 0 aliphatic carbocycles. The number of nitrogens with one attached hydrogen (secondary N) is 2. The average molecular weight is 310 g/mol. The first kappa shape index (κ1) is 15.7. The van der Waals surface area contributed by atoms with Crippen LogP contribution in [0.5, 0.6) is 0 Å². The van der Waals surface area contributed by atoms with Crippen LogP contribution in [-0.4, -0.2) is 21.9 Å². The number of rotatable bonds is 4. The number of benzene rings is 1. The van der Waals surface area contributed by atoms with Crippen LogP contribution >= 0.6 is 0 Å². The molecule has 0 spiro atoms. The van der Waals surface area contributed by atoms with Crippen LogP contribution < -0.4 is 10.6 Å². The highest BCUT2D eigenvalue weighted by atomic mass is 19.2. The van der Waals surface area contributed by atoms with E-state index in [1.54, 1.807) is 0 Å². The van der Waals surface area contributed by atoms with Crippen LogP contribution in [0.2, 0.25) is 0 Å². The predicted octanol–water partition coefficient (Wildman–Crippen LogP) is 2.97. The Morgan fingerprint density at radius 1 is 1.09 bits per heavy atom. The molecule has 2 rings (SSSR count). The zero-order valence-corrected chi connectivity index (χ0v) is 11.8. The minimum atomic E-state index is -1.65. The lowest BCUT2D eigenvalue weighted by Gasteiger charge is -2.09. The van der Waals surface area contributed by atoms with Gasteiger partial charge in [-0.3, -0.25) is 4.79 Å². The number of carbonyl (C=O) groups excluding carboxylic acids is 1. The molecule has 2 aromatic rings. The SMILES string of the molecule is CC(C)Nc1ncc(C(=O)Nc2ccc(F)c(F)c2F)cn1. The van der Waals surface area contributed by atoms with Gasteiger partial charge in [-0.1, -0.05) is 0 Å². The van der Waals surface area contributed by atoms with Crippen molar-refractivity contribution in [2.45, 2.75) is 19.9 Å². The van der Waals surface area contributed by atoms with Crippen molar-refractivity contribution in [2.24, 2.45) is 0 Å². The maximum atomic E-state index is 13.5. The predicted molar refractivity (Wildman–Crippen MR) is 75.1 cm³/mol. The van der Waals surface area contributed by atoms with Crippen molar-refractivity contribution in [3.05, 3.63) is 47.5 Å². The normalized spacial score (nSPS) is 10.6. The monoisotopic (exact) mass is 310 g/mol. The third-order valence-electron chi connectivity index (χ3n) is 2.62. The molecule has 1 aromatic carbocycles. The van der Waals surface area contributed by atoms with Gasteiger partial charge < -0.3 is 10.6 Å². The van der Waals surface area contributed by atoms with Gasteiger partial charge in [-0.25, -0.2) is 23.1 Å². The van der Waals surface area contributed by atoms with Crippen LogP contribution in [0.1, 0.15) is 24.2 Å². The Balaban J connectivity index is 2.14. The van der Waals surface area contributed by atoms with Crippen LogP contribution in [0.25, 0.3) is 0 Å². The second kappa shape index (κ2) is 6.42. The number of carbonyl (C=O) groups is 1. The molecule has 1 amide bonds. The number of anilines is 2. The molecular formula is C14H13F3N4O. The van der Waals surface area contributed by atoms with Crippen molar-refractivity contribution in [1.82, 2.24) is 9.97 Å². The van der Waals surface area contributed by atoms with Crippen molar-refractivity contribution < 1.29 is 18.0 Å². The molecule has 0 fully saturated rings. The van der Waals surface area contributed by atoms with Crippen LogP contribution in [0.3, 0.4) is 0 Å². The lowest BCUT2D eigenvalue weighted by molar-refractivity contribution is 0.102. The molecule has 0 bridgehead atoms. The highest BCUT2D eigenvalue weighted by Crippen LogP contribution is 2.20. The number of nitrogens with zero attached hydrogens (tertiary/aromatic N) is 2. The van der Waals surface area contributed by atoms with E-state index < -0.39 is 29.0 Å². The molecule has 1 aromatic heterocycles. The van der Waals surface area contributed by atoms with E-state index >= 15 is 0 Å². The van der Waals surface area contributed by atoms with Gasteiger partial charge in [0, 0.05) is 18.4 Å². The quantitative estimate of drug-likeness (QED) is 0.852. The molecule has 0 aliphatic rings. The molecule has 1 heterocycles. The zero-order chi connectivity index (χ0) is 16.3. The van der Waals surface area contributed by atoms with Gasteiger partial charge >= 0.3 is 0 Å². The van der Waals surface area contributed by atoms with Crippen molar-refractivity contribution in [3.8, 4) is 0 Å². The van der Waals surface area contributed by atoms with Crippen molar-refractivity contribution in [3.63, 3.8) is 0 Å². The third kappa shape index (κ3) is 3.51. The molecular weight excluding hydrogens is 297 g/mol. The third-order valence-corrected chi connectivity index (χ3v) is 2.62. The first-order chi connectivity index (χ1) is 10.4. The van der Waals surface area contributed by atoms with E-state index in [1.807, 2.05) is 13.8 Å². The standard InChI is InChI=1S/C14H13F3N4O/c1-7(2)20-14-18-5-8(6-19-14)13(22)21-10-4-3-9(15)11(16)12(10)17/h3-7H,1-2H3,(H,21,22)(H,18,19,20). The first-order valence-electron chi connectivity index (χ1n) is 6.42. The summed E-state index contributed by atoms with van der Waals surface area (Å²) >= 11 is 0. The summed E-state index contributed by atoms with van der Waals surface area (Å²) < 4.78 is 39.4. The number of amides is 1. The summed E-state index contributed by atoms with van der Waals surface area (Å²) in [5.41, 5.74) is -0.410. The largest absolute Gasteiger partial charge is 0.352 e. The Morgan fingerprint density at radius 3 is 2.32 bits per heavy atom. The van der Waals surface area contributed by atoms with E-state index in [4.69, 9.17) is 0 Å². The fourth-order valence-corrected chi connectivity index (χ4v) is 1.59. The molecule has 116 valence electrons. The maximum Gasteiger partial charge on any atom is 0.258 e. The Kier molecular flexibility index (Phi) is 4.59. The average Bonchev–Trinajstić information content (AvgIpc) is 2.48. The number of hydrogen-bond acceptors (Lipinski definition) is 4. The van der Waals surface area contributed by atoms with E-state index in [1.165, 1.54) is 12.4 Å².